The molecule has 32 heavy (non-hydrogen) atoms. The summed E-state index contributed by atoms with van der Waals surface area (Å²) >= 11 is 0. The molecule has 2 aliphatic rings. The van der Waals surface area contributed by atoms with Crippen molar-refractivity contribution >= 4 is 27.8 Å². The monoisotopic (exact) mass is 450 g/mol. The summed E-state index contributed by atoms with van der Waals surface area (Å²) < 4.78 is 25.2. The number of sulfonamides is 1. The van der Waals surface area contributed by atoms with E-state index in [1.165, 1.54) is 6.21 Å². The Morgan fingerprint density at radius 3 is 2.41 bits per heavy atom. The summed E-state index contributed by atoms with van der Waals surface area (Å²) in [6.07, 6.45) is 9.12. The van der Waals surface area contributed by atoms with Crippen molar-refractivity contribution in [3.8, 4) is 6.07 Å². The quantitative estimate of drug-likeness (QED) is 0.664. The Morgan fingerprint density at radius 2 is 1.84 bits per heavy atom. The number of nitriles is 1. The standard InChI is InChI=1S/C24H26N4O3S/c1-24(2,3)21-14-17(10-7-16-8-11-18(12-9-16)28-32(4,30)31)20(15-25)22(27-21)19-6-5-13-26-23(19)29/h5-6,8-9,11-14,27-28H,7,10H2,1-4H3. The van der Waals surface area contributed by atoms with Crippen LogP contribution < -0.4 is 10.0 Å². The maximum absolute atomic E-state index is 12.4. The SMILES string of the molecule is CC(C)(C)C1=CC(CCc2ccc(NS(C)(=O)=O)cc2)=C(C#N)C(=C2C=CC=NC2=O)N1. The second-order valence-electron chi connectivity index (χ2n) is 8.75. The molecule has 2 aliphatic heterocycles. The van der Waals surface area contributed by atoms with Crippen LogP contribution in [-0.2, 0) is 21.2 Å². The van der Waals surface area contributed by atoms with Crippen LogP contribution in [0.4, 0.5) is 5.69 Å². The predicted octanol–water partition coefficient (Wildman–Crippen LogP) is 3.77. The number of allylic oxidation sites excluding steroid dienone is 5. The number of dihydropyridines is 2. The molecule has 0 radical (unpaired) electrons. The zero-order valence-corrected chi connectivity index (χ0v) is 19.4. The van der Waals surface area contributed by atoms with Gasteiger partial charge in [0, 0.05) is 23.0 Å². The summed E-state index contributed by atoms with van der Waals surface area (Å²) in [5.74, 6) is -0.383. The van der Waals surface area contributed by atoms with Crippen molar-refractivity contribution in [3.63, 3.8) is 0 Å². The summed E-state index contributed by atoms with van der Waals surface area (Å²) in [5.41, 5.74) is 4.32. The number of aliphatic imine (C=N–C) groups is 1. The number of hydrogen-bond acceptors (Lipinski definition) is 5. The molecule has 166 valence electrons. The molecule has 0 bridgehead atoms. The van der Waals surface area contributed by atoms with E-state index in [2.05, 4.69) is 41.9 Å². The van der Waals surface area contributed by atoms with E-state index in [4.69, 9.17) is 0 Å². The van der Waals surface area contributed by atoms with Gasteiger partial charge in [-0.05, 0) is 54.3 Å². The highest BCUT2D eigenvalue weighted by molar-refractivity contribution is 7.92. The highest BCUT2D eigenvalue weighted by Gasteiger charge is 2.28. The summed E-state index contributed by atoms with van der Waals surface area (Å²) in [4.78, 5) is 16.2. The van der Waals surface area contributed by atoms with E-state index in [1.54, 1.807) is 24.3 Å². The number of anilines is 1. The number of rotatable bonds is 5. The van der Waals surface area contributed by atoms with Crippen molar-refractivity contribution in [1.29, 1.82) is 5.26 Å². The van der Waals surface area contributed by atoms with E-state index < -0.39 is 10.0 Å². The fourth-order valence-electron chi connectivity index (χ4n) is 3.38. The van der Waals surface area contributed by atoms with Gasteiger partial charge >= 0.3 is 0 Å². The van der Waals surface area contributed by atoms with Crippen LogP contribution in [0, 0.1) is 16.7 Å². The largest absolute Gasteiger partial charge is 0.357 e. The van der Waals surface area contributed by atoms with Crippen LogP contribution in [0.15, 0.2) is 75.6 Å². The van der Waals surface area contributed by atoms with E-state index in [9.17, 15) is 18.5 Å². The number of carbonyl (C=O) groups excluding carboxylic acids is 1. The number of aryl methyl sites for hydroxylation is 1. The highest BCUT2D eigenvalue weighted by Crippen LogP contribution is 2.34. The van der Waals surface area contributed by atoms with Crippen molar-refractivity contribution in [2.24, 2.45) is 10.4 Å². The first-order chi connectivity index (χ1) is 15.0. The van der Waals surface area contributed by atoms with Gasteiger partial charge in [-0.2, -0.15) is 5.26 Å². The number of amides is 1. The third-order valence-corrected chi connectivity index (χ3v) is 5.66. The van der Waals surface area contributed by atoms with Crippen LogP contribution in [0.2, 0.25) is 0 Å². The Labute approximate surface area is 189 Å². The average molecular weight is 451 g/mol. The van der Waals surface area contributed by atoms with E-state index in [-0.39, 0.29) is 11.3 Å². The highest BCUT2D eigenvalue weighted by atomic mass is 32.2. The molecule has 0 saturated heterocycles. The molecule has 0 fully saturated rings. The molecule has 1 aromatic rings. The van der Waals surface area contributed by atoms with E-state index in [0.717, 1.165) is 23.1 Å². The van der Waals surface area contributed by atoms with Gasteiger partial charge < -0.3 is 5.32 Å². The fraction of sp³-hybridized carbons (Fsp3) is 0.292. The van der Waals surface area contributed by atoms with Crippen molar-refractivity contribution in [1.82, 2.24) is 5.32 Å². The Morgan fingerprint density at radius 1 is 1.16 bits per heavy atom. The average Bonchev–Trinajstić information content (AvgIpc) is 2.71. The molecule has 3 rings (SSSR count). The van der Waals surface area contributed by atoms with Crippen LogP contribution in [0.1, 0.15) is 32.8 Å². The van der Waals surface area contributed by atoms with Crippen molar-refractivity contribution in [2.75, 3.05) is 11.0 Å². The maximum atomic E-state index is 12.4. The van der Waals surface area contributed by atoms with Crippen molar-refractivity contribution in [2.45, 2.75) is 33.6 Å². The first-order valence-electron chi connectivity index (χ1n) is 10.2. The summed E-state index contributed by atoms with van der Waals surface area (Å²) in [6.45, 7) is 6.19. The molecule has 0 spiro atoms. The first-order valence-corrected chi connectivity index (χ1v) is 12.1. The lowest BCUT2D eigenvalue weighted by Gasteiger charge is -2.31. The second-order valence-corrected chi connectivity index (χ2v) is 10.5. The summed E-state index contributed by atoms with van der Waals surface area (Å²) in [6, 6.07) is 9.41. The molecule has 0 aliphatic carbocycles. The number of carbonyl (C=O) groups is 1. The number of nitrogens with one attached hydrogen (secondary N) is 2. The maximum Gasteiger partial charge on any atom is 0.279 e. The van der Waals surface area contributed by atoms with E-state index in [1.807, 2.05) is 18.2 Å². The lowest BCUT2D eigenvalue weighted by molar-refractivity contribution is -0.114. The molecule has 0 atom stereocenters. The molecular formula is C24H26N4O3S. The third kappa shape index (κ3) is 5.62. The number of hydrogen-bond donors (Lipinski definition) is 2. The zero-order valence-electron chi connectivity index (χ0n) is 18.6. The van der Waals surface area contributed by atoms with Gasteiger partial charge in [0.1, 0.15) is 6.07 Å². The minimum absolute atomic E-state index is 0.221. The van der Waals surface area contributed by atoms with Gasteiger partial charge in [-0.1, -0.05) is 32.9 Å². The minimum atomic E-state index is -3.33. The Balaban J connectivity index is 1.94. The molecule has 7 nitrogen and oxygen atoms in total. The molecule has 2 N–H and O–H groups in total. The van der Waals surface area contributed by atoms with E-state index >= 15 is 0 Å². The van der Waals surface area contributed by atoms with Gasteiger partial charge in [-0.25, -0.2) is 13.4 Å². The second kappa shape index (κ2) is 8.97. The molecule has 0 unspecified atom stereocenters. The Bertz CT molecular complexity index is 1230. The van der Waals surface area contributed by atoms with Crippen molar-refractivity contribution in [3.05, 3.63) is 76.2 Å². The fourth-order valence-corrected chi connectivity index (χ4v) is 3.95. The van der Waals surface area contributed by atoms with Crippen molar-refractivity contribution < 1.29 is 13.2 Å². The Hall–Kier alpha value is -3.44. The van der Waals surface area contributed by atoms with E-state index in [0.29, 0.717) is 35.4 Å². The van der Waals surface area contributed by atoms with Gasteiger partial charge in [-0.15, -0.1) is 0 Å². The van der Waals surface area contributed by atoms with Crippen LogP contribution in [-0.4, -0.2) is 26.8 Å². The van der Waals surface area contributed by atoms with Gasteiger partial charge in [0.05, 0.1) is 23.1 Å². The minimum Gasteiger partial charge on any atom is -0.357 e. The topological polar surface area (TPSA) is 111 Å². The zero-order chi connectivity index (χ0) is 23.5. The van der Waals surface area contributed by atoms with Crippen LogP contribution in [0.25, 0.3) is 0 Å². The normalized spacial score (nSPS) is 18.8. The smallest absolute Gasteiger partial charge is 0.279 e. The number of benzene rings is 1. The molecule has 1 aromatic carbocycles. The molecule has 0 aromatic heterocycles. The lowest BCUT2D eigenvalue weighted by Crippen LogP contribution is -2.30. The first kappa shape index (κ1) is 23.2. The van der Waals surface area contributed by atoms with Gasteiger partial charge in [0.15, 0.2) is 0 Å². The summed E-state index contributed by atoms with van der Waals surface area (Å²) in [7, 11) is -3.33. The molecule has 8 heteroatoms. The third-order valence-electron chi connectivity index (χ3n) is 5.05. The Kier molecular flexibility index (Phi) is 6.51. The van der Waals surface area contributed by atoms with Gasteiger partial charge in [0.2, 0.25) is 10.0 Å². The summed E-state index contributed by atoms with van der Waals surface area (Å²) in [5, 5.41) is 13.2. The van der Waals surface area contributed by atoms with Gasteiger partial charge in [0.25, 0.3) is 5.91 Å². The molecule has 0 saturated carbocycles. The van der Waals surface area contributed by atoms with Gasteiger partial charge in [-0.3, -0.25) is 9.52 Å². The molecule has 2 heterocycles. The molecular weight excluding hydrogens is 424 g/mol. The van der Waals surface area contributed by atoms with Crippen LogP contribution in [0.3, 0.4) is 0 Å². The van der Waals surface area contributed by atoms with Crippen LogP contribution >= 0.6 is 0 Å². The number of nitrogens with zero attached hydrogens (tertiary/aromatic N) is 2. The molecule has 1 amide bonds. The van der Waals surface area contributed by atoms with Crippen LogP contribution in [0.5, 0.6) is 0 Å². The lowest BCUT2D eigenvalue weighted by atomic mass is 9.84. The predicted molar refractivity (Wildman–Crippen MR) is 126 cm³/mol.